The molecule has 2 aliphatic heterocycles. The average Bonchev–Trinajstić information content (AvgIpc) is 2.65. The Bertz CT molecular complexity index is 707. The van der Waals surface area contributed by atoms with E-state index in [1.54, 1.807) is 22.8 Å². The van der Waals surface area contributed by atoms with Crippen LogP contribution in [0.1, 0.15) is 38.8 Å². The van der Waals surface area contributed by atoms with E-state index in [1.807, 2.05) is 0 Å². The van der Waals surface area contributed by atoms with Crippen LogP contribution in [0.25, 0.3) is 0 Å². The largest absolute Gasteiger partial charge is 0.321 e. The summed E-state index contributed by atoms with van der Waals surface area (Å²) >= 11 is 14.6. The summed E-state index contributed by atoms with van der Waals surface area (Å²) in [5.41, 5.74) is -2.00. The lowest BCUT2D eigenvalue weighted by molar-refractivity contribution is 0.0671. The number of rotatable bonds is 6. The standard InChI is InChI=1S/C18H28O4P2S4/c1-17(2)11-19-23(25,20-12-17)27-9-15-7-5-6-8-16(15)10-28-24(26)21-13-18(3,4)14-22-24/h5-8H,9-14H2,1-4H3. The van der Waals surface area contributed by atoms with E-state index in [9.17, 15) is 0 Å². The summed E-state index contributed by atoms with van der Waals surface area (Å²) in [6, 6.07) is 8.38. The zero-order chi connectivity index (χ0) is 20.5. The Labute approximate surface area is 187 Å². The fraction of sp³-hybridized carbons (Fsp3) is 0.667. The summed E-state index contributed by atoms with van der Waals surface area (Å²) in [4.78, 5) is 0. The van der Waals surface area contributed by atoms with Crippen molar-refractivity contribution in [2.75, 3.05) is 26.4 Å². The molecule has 0 amide bonds. The van der Waals surface area contributed by atoms with E-state index in [0.717, 1.165) is 11.5 Å². The molecule has 0 unspecified atom stereocenters. The van der Waals surface area contributed by atoms with Crippen molar-refractivity contribution in [3.8, 4) is 0 Å². The van der Waals surface area contributed by atoms with Gasteiger partial charge in [0.2, 0.25) is 11.4 Å². The zero-order valence-electron chi connectivity index (χ0n) is 16.7. The summed E-state index contributed by atoms with van der Waals surface area (Å²) in [6.07, 6.45) is 0. The molecule has 0 N–H and O–H groups in total. The van der Waals surface area contributed by atoms with Gasteiger partial charge in [0.1, 0.15) is 0 Å². The molecule has 1 aromatic carbocycles. The van der Waals surface area contributed by atoms with Gasteiger partial charge in [-0.2, -0.15) is 0 Å². The Kier molecular flexibility index (Phi) is 7.86. The maximum absolute atomic E-state index is 5.94. The summed E-state index contributed by atoms with van der Waals surface area (Å²) in [7, 11) is 0. The van der Waals surface area contributed by atoms with Crippen molar-refractivity contribution < 1.29 is 18.1 Å². The van der Waals surface area contributed by atoms with E-state index < -0.39 is 11.4 Å². The van der Waals surface area contributed by atoms with Gasteiger partial charge in [-0.1, -0.05) is 74.7 Å². The molecular formula is C18H28O4P2S4. The highest BCUT2D eigenvalue weighted by molar-refractivity contribution is 8.68. The fourth-order valence-electron chi connectivity index (χ4n) is 2.46. The summed E-state index contributed by atoms with van der Waals surface area (Å²) < 4.78 is 23.8. The highest BCUT2D eigenvalue weighted by atomic mass is 32.9. The molecule has 0 bridgehead atoms. The normalized spacial score (nSPS) is 25.3. The lowest BCUT2D eigenvalue weighted by Gasteiger charge is -2.36. The molecule has 10 heteroatoms. The van der Waals surface area contributed by atoms with Crippen LogP contribution < -0.4 is 0 Å². The van der Waals surface area contributed by atoms with Gasteiger partial charge in [-0.25, -0.2) is 0 Å². The fourth-order valence-corrected chi connectivity index (χ4v) is 11.0. The average molecular weight is 499 g/mol. The molecule has 2 saturated heterocycles. The maximum atomic E-state index is 5.94. The molecule has 4 nitrogen and oxygen atoms in total. The quantitative estimate of drug-likeness (QED) is 0.399. The maximum Gasteiger partial charge on any atom is 0.247 e. The predicted octanol–water partition coefficient (Wildman–Crippen LogP) is 6.75. The van der Waals surface area contributed by atoms with E-state index in [0.29, 0.717) is 26.4 Å². The van der Waals surface area contributed by atoms with Crippen LogP contribution in [-0.4, -0.2) is 26.4 Å². The second-order valence-corrected chi connectivity index (χ2v) is 21.3. The van der Waals surface area contributed by atoms with Gasteiger partial charge in [-0.15, -0.1) is 0 Å². The Hall–Kier alpha value is 1.06. The highest BCUT2D eigenvalue weighted by Gasteiger charge is 2.35. The topological polar surface area (TPSA) is 36.9 Å². The van der Waals surface area contributed by atoms with Gasteiger partial charge in [-0.05, 0) is 34.7 Å². The van der Waals surface area contributed by atoms with Gasteiger partial charge in [0, 0.05) is 22.3 Å². The van der Waals surface area contributed by atoms with E-state index in [1.165, 1.54) is 11.1 Å². The second-order valence-electron chi connectivity index (χ2n) is 8.63. The zero-order valence-corrected chi connectivity index (χ0v) is 21.8. The van der Waals surface area contributed by atoms with Crippen LogP contribution in [0.2, 0.25) is 0 Å². The van der Waals surface area contributed by atoms with E-state index >= 15 is 0 Å². The van der Waals surface area contributed by atoms with Crippen LogP contribution in [0.3, 0.4) is 0 Å². The first kappa shape index (κ1) is 23.7. The predicted molar refractivity (Wildman–Crippen MR) is 129 cm³/mol. The van der Waals surface area contributed by atoms with Gasteiger partial charge in [0.25, 0.3) is 0 Å². The van der Waals surface area contributed by atoms with Gasteiger partial charge in [0.15, 0.2) is 0 Å². The van der Waals surface area contributed by atoms with Crippen LogP contribution in [-0.2, 0) is 53.2 Å². The molecule has 3 rings (SSSR count). The molecule has 0 radical (unpaired) electrons. The van der Waals surface area contributed by atoms with Crippen LogP contribution in [0.4, 0.5) is 0 Å². The molecule has 158 valence electrons. The SMILES string of the molecule is CC1(C)COP(=S)(SCc2ccccc2CSP2(=S)OCC(C)(C)CO2)OC1. The first-order chi connectivity index (χ1) is 13.0. The van der Waals surface area contributed by atoms with Gasteiger partial charge < -0.3 is 18.1 Å². The van der Waals surface area contributed by atoms with Gasteiger partial charge in [-0.3, -0.25) is 0 Å². The molecule has 1 aromatic rings. The minimum Gasteiger partial charge on any atom is -0.321 e. The molecule has 0 atom stereocenters. The summed E-state index contributed by atoms with van der Waals surface area (Å²) in [5.74, 6) is 1.54. The van der Waals surface area contributed by atoms with E-state index in [4.69, 9.17) is 41.7 Å². The van der Waals surface area contributed by atoms with E-state index in [-0.39, 0.29) is 10.8 Å². The van der Waals surface area contributed by atoms with Crippen LogP contribution in [0.5, 0.6) is 0 Å². The minimum atomic E-state index is -2.27. The van der Waals surface area contributed by atoms with Crippen molar-refractivity contribution in [2.24, 2.45) is 10.8 Å². The van der Waals surface area contributed by atoms with Crippen molar-refractivity contribution >= 4 is 57.8 Å². The number of benzene rings is 1. The van der Waals surface area contributed by atoms with Gasteiger partial charge in [0.05, 0.1) is 26.4 Å². The third kappa shape index (κ3) is 6.78. The Morgan fingerprint density at radius 1 is 0.750 bits per heavy atom. The first-order valence-electron chi connectivity index (χ1n) is 9.14. The Morgan fingerprint density at radius 3 is 1.39 bits per heavy atom. The molecule has 2 aliphatic rings. The highest BCUT2D eigenvalue weighted by Crippen LogP contribution is 2.66. The molecule has 0 saturated carbocycles. The summed E-state index contributed by atoms with van der Waals surface area (Å²) in [6.45, 7) is 11.2. The Balaban J connectivity index is 1.58. The molecular weight excluding hydrogens is 470 g/mol. The molecule has 0 aliphatic carbocycles. The van der Waals surface area contributed by atoms with Crippen LogP contribution in [0.15, 0.2) is 24.3 Å². The van der Waals surface area contributed by atoms with Crippen LogP contribution in [0, 0.1) is 10.8 Å². The molecule has 2 fully saturated rings. The molecule has 0 aromatic heterocycles. The van der Waals surface area contributed by atoms with Crippen molar-refractivity contribution in [1.82, 2.24) is 0 Å². The van der Waals surface area contributed by atoms with Crippen LogP contribution >= 0.6 is 34.2 Å². The van der Waals surface area contributed by atoms with E-state index in [2.05, 4.69) is 52.0 Å². The third-order valence-electron chi connectivity index (χ3n) is 4.33. The lowest BCUT2D eigenvalue weighted by Crippen LogP contribution is -2.28. The number of hydrogen-bond donors (Lipinski definition) is 0. The van der Waals surface area contributed by atoms with Gasteiger partial charge >= 0.3 is 0 Å². The summed E-state index contributed by atoms with van der Waals surface area (Å²) in [5, 5.41) is 0. The molecule has 28 heavy (non-hydrogen) atoms. The second kappa shape index (κ2) is 9.28. The lowest BCUT2D eigenvalue weighted by atomic mass is 9.97. The first-order valence-corrected chi connectivity index (χ1v) is 17.6. The van der Waals surface area contributed by atoms with Crippen molar-refractivity contribution in [2.45, 2.75) is 39.2 Å². The number of hydrogen-bond acceptors (Lipinski definition) is 8. The minimum absolute atomic E-state index is 0.0352. The van der Waals surface area contributed by atoms with Crippen molar-refractivity contribution in [3.63, 3.8) is 0 Å². The Morgan fingerprint density at radius 2 is 1.07 bits per heavy atom. The molecule has 2 heterocycles. The van der Waals surface area contributed by atoms with Crippen molar-refractivity contribution in [3.05, 3.63) is 35.4 Å². The smallest absolute Gasteiger partial charge is 0.247 e. The molecule has 0 spiro atoms. The third-order valence-corrected chi connectivity index (χ3v) is 14.7. The van der Waals surface area contributed by atoms with Crippen molar-refractivity contribution in [1.29, 1.82) is 0 Å². The monoisotopic (exact) mass is 498 g/mol.